The number of rotatable bonds is 6. The Morgan fingerprint density at radius 2 is 1.78 bits per heavy atom. The van der Waals surface area contributed by atoms with Crippen molar-refractivity contribution in [1.82, 2.24) is 19.6 Å². The van der Waals surface area contributed by atoms with Gasteiger partial charge in [0.1, 0.15) is 30.2 Å². The summed E-state index contributed by atoms with van der Waals surface area (Å²) in [6, 6.07) is 18.7. The summed E-state index contributed by atoms with van der Waals surface area (Å²) in [6.07, 6.45) is 1.57. The third-order valence-electron chi connectivity index (χ3n) is 6.36. The van der Waals surface area contributed by atoms with Crippen LogP contribution in [0.15, 0.2) is 67.0 Å². The molecule has 1 N–H and O–H groups in total. The van der Waals surface area contributed by atoms with E-state index in [1.807, 2.05) is 55.5 Å². The van der Waals surface area contributed by atoms with Crippen LogP contribution in [-0.2, 0) is 6.61 Å². The van der Waals surface area contributed by atoms with Crippen LogP contribution in [0.25, 0.3) is 5.65 Å². The number of methoxy groups -OCH3 is 2. The van der Waals surface area contributed by atoms with Crippen LogP contribution in [0.4, 0.5) is 0 Å². The number of hydrogen-bond donors (Lipinski definition) is 1. The highest BCUT2D eigenvalue weighted by Gasteiger charge is 2.34. The number of phenolic OH excluding ortho intramolecular Hbond substituents is 1. The first-order valence-electron chi connectivity index (χ1n) is 11.7. The zero-order valence-electron chi connectivity index (χ0n) is 20.5. The van der Waals surface area contributed by atoms with Gasteiger partial charge in [0, 0.05) is 17.5 Å². The molecule has 3 heterocycles. The Kier molecular flexibility index (Phi) is 5.52. The number of aryl methyl sites for hydroxylation is 1. The predicted molar refractivity (Wildman–Crippen MR) is 135 cm³/mol. The second kappa shape index (κ2) is 9.02. The van der Waals surface area contributed by atoms with E-state index >= 15 is 0 Å². The Labute approximate surface area is 212 Å². The Bertz CT molecular complexity index is 1610. The molecule has 0 fully saturated rings. The lowest BCUT2D eigenvalue weighted by Gasteiger charge is -2.28. The van der Waals surface area contributed by atoms with E-state index in [0.717, 1.165) is 28.0 Å². The number of phenols is 1. The van der Waals surface area contributed by atoms with Crippen molar-refractivity contribution in [2.75, 3.05) is 14.2 Å². The highest BCUT2D eigenvalue weighted by atomic mass is 16.5. The Hall–Kier alpha value is -4.79. The summed E-state index contributed by atoms with van der Waals surface area (Å²) in [5.41, 5.74) is 4.29. The molecule has 1 aliphatic heterocycles. The van der Waals surface area contributed by atoms with Crippen LogP contribution in [0.2, 0.25) is 0 Å². The van der Waals surface area contributed by atoms with Crippen molar-refractivity contribution in [1.29, 1.82) is 0 Å². The van der Waals surface area contributed by atoms with Crippen molar-refractivity contribution in [3.05, 3.63) is 95.1 Å². The Balaban J connectivity index is 1.47. The number of fused-ring (bicyclic) bond motifs is 4. The van der Waals surface area contributed by atoms with Crippen molar-refractivity contribution < 1.29 is 24.1 Å². The van der Waals surface area contributed by atoms with Crippen LogP contribution >= 0.6 is 0 Å². The molecule has 0 amide bonds. The number of benzene rings is 3. The van der Waals surface area contributed by atoms with E-state index in [1.54, 1.807) is 37.2 Å². The Morgan fingerprint density at radius 1 is 0.973 bits per heavy atom. The third-order valence-corrected chi connectivity index (χ3v) is 6.36. The Morgan fingerprint density at radius 3 is 2.57 bits per heavy atom. The van der Waals surface area contributed by atoms with Gasteiger partial charge in [0.2, 0.25) is 5.88 Å². The number of aromatic nitrogens is 4. The zero-order chi connectivity index (χ0) is 25.5. The number of aromatic hydroxyl groups is 1. The highest BCUT2D eigenvalue weighted by Crippen LogP contribution is 2.49. The molecular formula is C28H24N4O5. The molecule has 1 aliphatic rings. The molecule has 3 aromatic carbocycles. The van der Waals surface area contributed by atoms with Crippen molar-refractivity contribution in [2.24, 2.45) is 0 Å². The van der Waals surface area contributed by atoms with E-state index in [2.05, 4.69) is 10.1 Å². The topological polar surface area (TPSA) is 100 Å². The fourth-order valence-corrected chi connectivity index (χ4v) is 4.57. The maximum absolute atomic E-state index is 10.1. The summed E-state index contributed by atoms with van der Waals surface area (Å²) < 4.78 is 24.7. The summed E-state index contributed by atoms with van der Waals surface area (Å²) >= 11 is 0. The van der Waals surface area contributed by atoms with Gasteiger partial charge in [-0.25, -0.2) is 14.5 Å². The molecule has 6 rings (SSSR count). The molecule has 0 aliphatic carbocycles. The van der Waals surface area contributed by atoms with Crippen molar-refractivity contribution in [3.8, 4) is 34.6 Å². The van der Waals surface area contributed by atoms with Gasteiger partial charge < -0.3 is 24.1 Å². The van der Waals surface area contributed by atoms with Crippen LogP contribution in [0.3, 0.4) is 0 Å². The van der Waals surface area contributed by atoms with Crippen molar-refractivity contribution in [3.63, 3.8) is 0 Å². The summed E-state index contributed by atoms with van der Waals surface area (Å²) in [7, 11) is 3.20. The molecule has 9 heteroatoms. The molecule has 5 aromatic rings. The molecule has 1 atom stereocenters. The van der Waals surface area contributed by atoms with E-state index in [4.69, 9.17) is 23.9 Å². The standard InChI is InChI=1S/C28H24N4O5/c1-16-4-8-19(9-5-16)36-14-24-30-27-26-25(17-6-11-21(34-2)23(12-17)35-3)20-10-7-18(33)13-22(20)37-28(26)29-15-32(27)31-24/h4-13,15,25,33H,14H2,1-3H3/t25-/m1/s1. The van der Waals surface area contributed by atoms with Crippen LogP contribution in [0.1, 0.15) is 34.0 Å². The number of ether oxygens (including phenoxy) is 4. The summed E-state index contributed by atoms with van der Waals surface area (Å²) in [6.45, 7) is 2.23. The lowest BCUT2D eigenvalue weighted by Crippen LogP contribution is -2.15. The minimum atomic E-state index is -0.314. The SMILES string of the molecule is COc1ccc([C@@H]2c3ccc(O)cc3Oc3ncn4nc(COc5ccc(C)cc5)nc4c32)cc1OC. The second-order valence-corrected chi connectivity index (χ2v) is 8.73. The summed E-state index contributed by atoms with van der Waals surface area (Å²) in [5, 5.41) is 14.7. The van der Waals surface area contributed by atoms with Gasteiger partial charge in [0.25, 0.3) is 0 Å². The lowest BCUT2D eigenvalue weighted by atomic mass is 9.83. The molecule has 0 saturated carbocycles. The number of hydrogen-bond acceptors (Lipinski definition) is 8. The van der Waals surface area contributed by atoms with E-state index in [-0.39, 0.29) is 18.3 Å². The maximum atomic E-state index is 10.1. The van der Waals surface area contributed by atoms with Gasteiger partial charge in [-0.3, -0.25) is 0 Å². The van der Waals surface area contributed by atoms with E-state index in [1.165, 1.54) is 0 Å². The largest absolute Gasteiger partial charge is 0.508 e. The average molecular weight is 497 g/mol. The first-order chi connectivity index (χ1) is 18.0. The van der Waals surface area contributed by atoms with Crippen LogP contribution < -0.4 is 18.9 Å². The van der Waals surface area contributed by atoms with Gasteiger partial charge in [-0.1, -0.05) is 29.8 Å². The predicted octanol–water partition coefficient (Wildman–Crippen LogP) is 5.02. The second-order valence-electron chi connectivity index (χ2n) is 8.73. The van der Waals surface area contributed by atoms with E-state index < -0.39 is 0 Å². The molecule has 0 unspecified atom stereocenters. The minimum Gasteiger partial charge on any atom is -0.508 e. The molecule has 0 radical (unpaired) electrons. The first kappa shape index (κ1) is 22.7. The van der Waals surface area contributed by atoms with Crippen LogP contribution in [-0.4, -0.2) is 38.9 Å². The van der Waals surface area contributed by atoms with Gasteiger partial charge in [0.05, 0.1) is 19.8 Å². The van der Waals surface area contributed by atoms with Gasteiger partial charge in [-0.05, 0) is 42.8 Å². The first-order valence-corrected chi connectivity index (χ1v) is 11.7. The molecular weight excluding hydrogens is 472 g/mol. The summed E-state index contributed by atoms with van der Waals surface area (Å²) in [4.78, 5) is 9.33. The van der Waals surface area contributed by atoms with Crippen molar-refractivity contribution >= 4 is 5.65 Å². The molecule has 186 valence electrons. The summed E-state index contributed by atoms with van der Waals surface area (Å²) in [5.74, 6) is 3.18. The quantitative estimate of drug-likeness (QED) is 0.343. The minimum absolute atomic E-state index is 0.104. The maximum Gasteiger partial charge on any atom is 0.228 e. The molecule has 0 saturated heterocycles. The van der Waals surface area contributed by atoms with Crippen LogP contribution in [0.5, 0.6) is 34.6 Å². The smallest absolute Gasteiger partial charge is 0.228 e. The number of nitrogens with zero attached hydrogens (tertiary/aromatic N) is 4. The lowest BCUT2D eigenvalue weighted by molar-refractivity contribution is 0.296. The third kappa shape index (κ3) is 4.04. The average Bonchev–Trinajstić information content (AvgIpc) is 3.34. The monoisotopic (exact) mass is 496 g/mol. The zero-order valence-corrected chi connectivity index (χ0v) is 20.5. The van der Waals surface area contributed by atoms with Crippen molar-refractivity contribution in [2.45, 2.75) is 19.4 Å². The van der Waals surface area contributed by atoms with E-state index in [0.29, 0.717) is 34.6 Å². The molecule has 37 heavy (non-hydrogen) atoms. The van der Waals surface area contributed by atoms with Crippen LogP contribution in [0, 0.1) is 6.92 Å². The fourth-order valence-electron chi connectivity index (χ4n) is 4.57. The van der Waals surface area contributed by atoms with Gasteiger partial charge in [-0.2, -0.15) is 0 Å². The molecule has 0 spiro atoms. The van der Waals surface area contributed by atoms with Gasteiger partial charge in [0.15, 0.2) is 23.0 Å². The molecule has 2 aromatic heterocycles. The van der Waals surface area contributed by atoms with Gasteiger partial charge in [-0.15, -0.1) is 5.10 Å². The normalized spacial score (nSPS) is 14.0. The van der Waals surface area contributed by atoms with Gasteiger partial charge >= 0.3 is 0 Å². The van der Waals surface area contributed by atoms with E-state index in [9.17, 15) is 5.11 Å². The fraction of sp³-hybridized carbons (Fsp3) is 0.179. The molecule has 9 nitrogen and oxygen atoms in total. The highest BCUT2D eigenvalue weighted by molar-refractivity contribution is 5.67. The molecule has 0 bridgehead atoms.